The van der Waals surface area contributed by atoms with Gasteiger partial charge in [-0.25, -0.2) is 0 Å². The highest BCUT2D eigenvalue weighted by molar-refractivity contribution is 5.99. The Kier molecular flexibility index (Phi) is 1.46. The number of hydrogen-bond acceptors (Lipinski definition) is 1. The van der Waals surface area contributed by atoms with Crippen molar-refractivity contribution in [3.05, 3.63) is 47.7 Å². The average molecular weight is 199 g/mol. The fourth-order valence-corrected chi connectivity index (χ4v) is 2.55. The average Bonchev–Trinajstić information content (AvgIpc) is 3.06. The lowest BCUT2D eigenvalue weighted by Crippen LogP contribution is -2.38. The van der Waals surface area contributed by atoms with Gasteiger partial charge in [0.1, 0.15) is 0 Å². The molecule has 2 aliphatic rings. The Labute approximate surface area is 89.2 Å². The first-order chi connectivity index (χ1) is 7.17. The Morgan fingerprint density at radius 3 is 2.67 bits per heavy atom. The second-order valence-corrected chi connectivity index (χ2v) is 4.44. The standard InChI is InChI=1S/C13H13NO/c1-9-13(7-8-13)11-6-4-3-5-10(11)12(15)14(9)2/h3-6H,1,7-8H2,2H3. The minimum absolute atomic E-state index is 0.0770. The number of allylic oxidation sites excluding steroid dienone is 1. The molecule has 0 N–H and O–H groups in total. The van der Waals surface area contributed by atoms with Crippen molar-refractivity contribution in [1.29, 1.82) is 0 Å². The summed E-state index contributed by atoms with van der Waals surface area (Å²) in [6, 6.07) is 7.92. The van der Waals surface area contributed by atoms with E-state index in [0.717, 1.165) is 24.1 Å². The Hall–Kier alpha value is -1.57. The molecule has 0 radical (unpaired) electrons. The van der Waals surface area contributed by atoms with Gasteiger partial charge < -0.3 is 4.90 Å². The summed E-state index contributed by atoms with van der Waals surface area (Å²) in [6.07, 6.45) is 2.25. The molecule has 1 saturated carbocycles. The smallest absolute Gasteiger partial charge is 0.258 e. The van der Waals surface area contributed by atoms with Crippen LogP contribution in [0, 0.1) is 0 Å². The van der Waals surface area contributed by atoms with Crippen LogP contribution < -0.4 is 0 Å². The molecular formula is C13H13NO. The Bertz CT molecular complexity index is 471. The monoisotopic (exact) mass is 199 g/mol. The summed E-state index contributed by atoms with van der Waals surface area (Å²) < 4.78 is 0. The van der Waals surface area contributed by atoms with E-state index in [-0.39, 0.29) is 11.3 Å². The van der Waals surface area contributed by atoms with Gasteiger partial charge in [0.2, 0.25) is 0 Å². The van der Waals surface area contributed by atoms with Crippen LogP contribution in [-0.2, 0) is 5.41 Å². The summed E-state index contributed by atoms with van der Waals surface area (Å²) in [4.78, 5) is 13.7. The molecule has 0 unspecified atom stereocenters. The van der Waals surface area contributed by atoms with E-state index in [4.69, 9.17) is 0 Å². The quantitative estimate of drug-likeness (QED) is 0.628. The lowest BCUT2D eigenvalue weighted by atomic mass is 9.84. The van der Waals surface area contributed by atoms with Gasteiger partial charge in [-0.2, -0.15) is 0 Å². The van der Waals surface area contributed by atoms with Crippen LogP contribution in [0.4, 0.5) is 0 Å². The highest BCUT2D eigenvalue weighted by Gasteiger charge is 2.53. The van der Waals surface area contributed by atoms with Crippen LogP contribution in [0.1, 0.15) is 28.8 Å². The number of nitrogens with zero attached hydrogens (tertiary/aromatic N) is 1. The maximum absolute atomic E-state index is 12.0. The topological polar surface area (TPSA) is 20.3 Å². The second kappa shape index (κ2) is 2.51. The van der Waals surface area contributed by atoms with Gasteiger partial charge in [0, 0.05) is 23.7 Å². The van der Waals surface area contributed by atoms with E-state index in [1.807, 2.05) is 25.2 Å². The zero-order valence-electron chi connectivity index (χ0n) is 8.79. The minimum atomic E-state index is 0.0770. The van der Waals surface area contributed by atoms with E-state index in [1.54, 1.807) is 4.90 Å². The minimum Gasteiger partial charge on any atom is -0.315 e. The SMILES string of the molecule is C=C1N(C)C(=O)c2ccccc2C12CC2. The predicted octanol–water partition coefficient (Wildman–Crippen LogP) is 2.32. The summed E-state index contributed by atoms with van der Waals surface area (Å²) in [5.41, 5.74) is 3.08. The number of amides is 1. The van der Waals surface area contributed by atoms with Crippen LogP contribution in [-0.4, -0.2) is 17.9 Å². The molecule has 0 aromatic heterocycles. The molecule has 1 heterocycles. The lowest BCUT2D eigenvalue weighted by molar-refractivity contribution is 0.0811. The van der Waals surface area contributed by atoms with Crippen molar-refractivity contribution in [1.82, 2.24) is 4.90 Å². The number of likely N-dealkylation sites (N-methyl/N-ethyl adjacent to an activating group) is 1. The molecule has 2 heteroatoms. The van der Waals surface area contributed by atoms with Crippen molar-refractivity contribution in [2.24, 2.45) is 0 Å². The van der Waals surface area contributed by atoms with E-state index >= 15 is 0 Å². The first-order valence-electron chi connectivity index (χ1n) is 5.24. The first kappa shape index (κ1) is 8.72. The van der Waals surface area contributed by atoms with Gasteiger partial charge in [-0.05, 0) is 24.5 Å². The number of fused-ring (bicyclic) bond motifs is 2. The normalized spacial score (nSPS) is 21.8. The van der Waals surface area contributed by atoms with Gasteiger partial charge in [0.15, 0.2) is 0 Å². The van der Waals surface area contributed by atoms with Crippen molar-refractivity contribution in [3.63, 3.8) is 0 Å². The Morgan fingerprint density at radius 1 is 1.33 bits per heavy atom. The molecule has 0 saturated heterocycles. The zero-order chi connectivity index (χ0) is 10.6. The van der Waals surface area contributed by atoms with Crippen LogP contribution in [0.5, 0.6) is 0 Å². The molecule has 1 aliphatic carbocycles. The summed E-state index contributed by atoms with van der Waals surface area (Å²) in [5.74, 6) is 0.0770. The van der Waals surface area contributed by atoms with Crippen molar-refractivity contribution in [2.75, 3.05) is 7.05 Å². The fourth-order valence-electron chi connectivity index (χ4n) is 2.55. The third kappa shape index (κ3) is 0.916. The number of carbonyl (C=O) groups is 1. The molecular weight excluding hydrogens is 186 g/mol. The molecule has 15 heavy (non-hydrogen) atoms. The Morgan fingerprint density at radius 2 is 2.00 bits per heavy atom. The van der Waals surface area contributed by atoms with Crippen LogP contribution in [0.15, 0.2) is 36.5 Å². The van der Waals surface area contributed by atoms with Crippen molar-refractivity contribution < 1.29 is 4.79 Å². The zero-order valence-corrected chi connectivity index (χ0v) is 8.79. The summed E-state index contributed by atoms with van der Waals surface area (Å²) >= 11 is 0. The third-order valence-corrected chi connectivity index (χ3v) is 3.68. The van der Waals surface area contributed by atoms with Gasteiger partial charge in [-0.1, -0.05) is 24.8 Å². The molecule has 1 aromatic rings. The molecule has 0 bridgehead atoms. The molecule has 3 rings (SSSR count). The number of rotatable bonds is 0. The van der Waals surface area contributed by atoms with Crippen LogP contribution >= 0.6 is 0 Å². The predicted molar refractivity (Wildman–Crippen MR) is 58.6 cm³/mol. The third-order valence-electron chi connectivity index (χ3n) is 3.68. The maximum atomic E-state index is 12.0. The van der Waals surface area contributed by atoms with Crippen molar-refractivity contribution in [3.8, 4) is 0 Å². The van der Waals surface area contributed by atoms with Crippen molar-refractivity contribution >= 4 is 5.91 Å². The second-order valence-electron chi connectivity index (χ2n) is 4.44. The first-order valence-corrected chi connectivity index (χ1v) is 5.24. The molecule has 0 atom stereocenters. The molecule has 76 valence electrons. The van der Waals surface area contributed by atoms with Gasteiger partial charge >= 0.3 is 0 Å². The van der Waals surface area contributed by atoms with E-state index in [0.29, 0.717) is 0 Å². The number of benzene rings is 1. The van der Waals surface area contributed by atoms with Gasteiger partial charge in [-0.3, -0.25) is 4.79 Å². The molecule has 1 spiro atoms. The highest BCUT2D eigenvalue weighted by Crippen LogP contribution is 2.57. The van der Waals surface area contributed by atoms with E-state index in [1.165, 1.54) is 5.56 Å². The van der Waals surface area contributed by atoms with Gasteiger partial charge in [0.25, 0.3) is 5.91 Å². The molecule has 1 aromatic carbocycles. The number of carbonyl (C=O) groups excluding carboxylic acids is 1. The van der Waals surface area contributed by atoms with E-state index < -0.39 is 0 Å². The largest absolute Gasteiger partial charge is 0.315 e. The molecule has 1 aliphatic heterocycles. The molecule has 1 fully saturated rings. The summed E-state index contributed by atoms with van der Waals surface area (Å²) in [6.45, 7) is 4.06. The van der Waals surface area contributed by atoms with E-state index in [2.05, 4.69) is 12.6 Å². The summed E-state index contributed by atoms with van der Waals surface area (Å²) in [5, 5.41) is 0. The van der Waals surface area contributed by atoms with Crippen molar-refractivity contribution in [2.45, 2.75) is 18.3 Å². The lowest BCUT2D eigenvalue weighted by Gasteiger charge is -2.34. The van der Waals surface area contributed by atoms with Gasteiger partial charge in [0.05, 0.1) is 0 Å². The van der Waals surface area contributed by atoms with Crippen LogP contribution in [0.2, 0.25) is 0 Å². The Balaban J connectivity index is 2.28. The van der Waals surface area contributed by atoms with E-state index in [9.17, 15) is 4.79 Å². The van der Waals surface area contributed by atoms with Crippen LogP contribution in [0.25, 0.3) is 0 Å². The number of hydrogen-bond donors (Lipinski definition) is 0. The van der Waals surface area contributed by atoms with Gasteiger partial charge in [-0.15, -0.1) is 0 Å². The fraction of sp³-hybridized carbons (Fsp3) is 0.308. The highest BCUT2D eigenvalue weighted by atomic mass is 16.2. The molecule has 1 amide bonds. The summed E-state index contributed by atoms with van der Waals surface area (Å²) in [7, 11) is 1.82. The maximum Gasteiger partial charge on any atom is 0.258 e. The van der Waals surface area contributed by atoms with Crippen LogP contribution in [0.3, 0.4) is 0 Å². The molecule has 2 nitrogen and oxygen atoms in total.